The maximum absolute atomic E-state index is 11.0. The first-order chi connectivity index (χ1) is 9.88. The van der Waals surface area contributed by atoms with Crippen molar-refractivity contribution in [3.63, 3.8) is 0 Å². The van der Waals surface area contributed by atoms with Gasteiger partial charge in [0.15, 0.2) is 0 Å². The highest BCUT2D eigenvalue weighted by Crippen LogP contribution is 2.25. The van der Waals surface area contributed by atoms with E-state index in [1.165, 1.54) is 0 Å². The van der Waals surface area contributed by atoms with Crippen molar-refractivity contribution in [2.45, 2.75) is 39.0 Å². The Kier molecular flexibility index (Phi) is 6.72. The van der Waals surface area contributed by atoms with Crippen LogP contribution in [0.3, 0.4) is 0 Å². The molecule has 0 radical (unpaired) electrons. The third-order valence-electron chi connectivity index (χ3n) is 3.18. The van der Waals surface area contributed by atoms with E-state index in [0.29, 0.717) is 12.5 Å². The molecule has 1 aromatic rings. The molecule has 0 saturated heterocycles. The van der Waals surface area contributed by atoms with Crippen molar-refractivity contribution in [3.8, 4) is 5.75 Å². The zero-order chi connectivity index (χ0) is 15.8. The largest absolute Gasteiger partial charge is 0.550 e. The van der Waals surface area contributed by atoms with Gasteiger partial charge in [-0.3, -0.25) is 4.79 Å². The van der Waals surface area contributed by atoms with E-state index in [2.05, 4.69) is 13.8 Å². The fraction of sp³-hybridized carbons (Fsp3) is 0.500. The first kappa shape index (κ1) is 17.0. The minimum atomic E-state index is -1.20. The summed E-state index contributed by atoms with van der Waals surface area (Å²) in [5.74, 6) is -0.882. The molecule has 0 fully saturated rings. The van der Waals surface area contributed by atoms with Gasteiger partial charge in [0.05, 0.1) is 6.61 Å². The summed E-state index contributed by atoms with van der Waals surface area (Å²) in [7, 11) is 0. The van der Waals surface area contributed by atoms with E-state index in [1.807, 2.05) is 0 Å². The first-order valence-corrected chi connectivity index (χ1v) is 7.09. The van der Waals surface area contributed by atoms with Crippen LogP contribution in [-0.4, -0.2) is 18.5 Å². The molecular formula is C16H22NO4-. The number of rotatable bonds is 9. The van der Waals surface area contributed by atoms with Crippen LogP contribution in [0.25, 0.3) is 0 Å². The molecule has 5 nitrogen and oxygen atoms in total. The Morgan fingerprint density at radius 1 is 1.19 bits per heavy atom. The molecular weight excluding hydrogens is 270 g/mol. The van der Waals surface area contributed by atoms with Crippen LogP contribution < -0.4 is 15.6 Å². The highest BCUT2D eigenvalue weighted by atomic mass is 16.5. The lowest BCUT2D eigenvalue weighted by atomic mass is 9.92. The molecule has 0 aliphatic rings. The van der Waals surface area contributed by atoms with Crippen LogP contribution in [-0.2, 0) is 9.59 Å². The van der Waals surface area contributed by atoms with Gasteiger partial charge in [0.25, 0.3) is 0 Å². The molecule has 0 aliphatic carbocycles. The Morgan fingerprint density at radius 3 is 2.29 bits per heavy atom. The summed E-state index contributed by atoms with van der Waals surface area (Å²) >= 11 is 0. The van der Waals surface area contributed by atoms with Crippen molar-refractivity contribution in [3.05, 3.63) is 29.8 Å². The average Bonchev–Trinajstić information content (AvgIpc) is 2.37. The number of ether oxygens (including phenoxy) is 1. The number of primary amides is 1. The maximum atomic E-state index is 11.0. The van der Waals surface area contributed by atoms with Crippen LogP contribution in [0.2, 0.25) is 0 Å². The van der Waals surface area contributed by atoms with Crippen molar-refractivity contribution >= 4 is 11.9 Å². The summed E-state index contributed by atoms with van der Waals surface area (Å²) < 4.78 is 5.59. The normalized spacial score (nSPS) is 12.1. The highest BCUT2D eigenvalue weighted by molar-refractivity contribution is 5.76. The van der Waals surface area contributed by atoms with Crippen LogP contribution in [0.1, 0.15) is 44.6 Å². The van der Waals surface area contributed by atoms with E-state index in [9.17, 15) is 14.7 Å². The van der Waals surface area contributed by atoms with Gasteiger partial charge in [-0.25, -0.2) is 0 Å². The molecule has 0 saturated carbocycles. The molecule has 0 aromatic heterocycles. The van der Waals surface area contributed by atoms with Crippen LogP contribution in [0.5, 0.6) is 5.75 Å². The molecule has 1 rings (SSSR count). The molecule has 0 aliphatic heterocycles. The summed E-state index contributed by atoms with van der Waals surface area (Å²) in [5.41, 5.74) is 5.90. The first-order valence-electron chi connectivity index (χ1n) is 7.09. The second-order valence-corrected chi connectivity index (χ2v) is 5.54. The van der Waals surface area contributed by atoms with E-state index < -0.39 is 17.8 Å². The molecule has 0 bridgehead atoms. The molecule has 5 heteroatoms. The van der Waals surface area contributed by atoms with Crippen LogP contribution >= 0.6 is 0 Å². The fourth-order valence-electron chi connectivity index (χ4n) is 2.00. The molecule has 0 heterocycles. The van der Waals surface area contributed by atoms with Crippen molar-refractivity contribution in [2.24, 2.45) is 11.7 Å². The highest BCUT2D eigenvalue weighted by Gasteiger charge is 2.15. The van der Waals surface area contributed by atoms with E-state index in [4.69, 9.17) is 10.5 Å². The second-order valence-electron chi connectivity index (χ2n) is 5.54. The SMILES string of the molecule is CC(C)CCOc1ccc([C@H](CC(N)=O)CC(=O)[O-])cc1. The Morgan fingerprint density at radius 2 is 1.81 bits per heavy atom. The van der Waals surface area contributed by atoms with Crippen LogP contribution in [0.4, 0.5) is 0 Å². The summed E-state index contributed by atoms with van der Waals surface area (Å²) in [6.07, 6.45) is 0.731. The van der Waals surface area contributed by atoms with Gasteiger partial charge in [0, 0.05) is 12.4 Å². The average molecular weight is 292 g/mol. The zero-order valence-corrected chi connectivity index (χ0v) is 12.5. The number of carbonyl (C=O) groups is 2. The monoisotopic (exact) mass is 292 g/mol. The Labute approximate surface area is 125 Å². The molecule has 21 heavy (non-hydrogen) atoms. The zero-order valence-electron chi connectivity index (χ0n) is 12.5. The smallest absolute Gasteiger partial charge is 0.218 e. The lowest BCUT2D eigenvalue weighted by Crippen LogP contribution is -2.26. The number of amides is 1. The number of aliphatic carboxylic acids is 1. The van der Waals surface area contributed by atoms with Crippen molar-refractivity contribution in [2.75, 3.05) is 6.61 Å². The quantitative estimate of drug-likeness (QED) is 0.740. The number of carboxylic acids is 1. The van der Waals surface area contributed by atoms with Crippen LogP contribution in [0, 0.1) is 5.92 Å². The number of hydrogen-bond acceptors (Lipinski definition) is 4. The number of benzene rings is 1. The minimum absolute atomic E-state index is 0.0124. The number of carboxylic acid groups (broad SMARTS) is 1. The van der Waals surface area contributed by atoms with Crippen molar-refractivity contribution < 1.29 is 19.4 Å². The fourth-order valence-corrected chi connectivity index (χ4v) is 2.00. The van der Waals surface area contributed by atoms with Gasteiger partial charge in [-0.1, -0.05) is 26.0 Å². The lowest BCUT2D eigenvalue weighted by Gasteiger charge is -2.17. The van der Waals surface area contributed by atoms with E-state index >= 15 is 0 Å². The van der Waals surface area contributed by atoms with Crippen molar-refractivity contribution in [1.29, 1.82) is 0 Å². The number of hydrogen-bond donors (Lipinski definition) is 1. The Bertz CT molecular complexity index is 452. The molecule has 1 amide bonds. The Hall–Kier alpha value is -2.04. The molecule has 2 N–H and O–H groups in total. The maximum Gasteiger partial charge on any atom is 0.218 e. The van der Waals surface area contributed by atoms with E-state index in [0.717, 1.165) is 17.7 Å². The second kappa shape index (κ2) is 8.29. The molecule has 0 spiro atoms. The van der Waals surface area contributed by atoms with Gasteiger partial charge in [0.1, 0.15) is 5.75 Å². The Balaban J connectivity index is 2.68. The summed E-state index contributed by atoms with van der Waals surface area (Å²) in [6.45, 7) is 4.89. The lowest BCUT2D eigenvalue weighted by molar-refractivity contribution is -0.306. The third kappa shape index (κ3) is 6.79. The van der Waals surface area contributed by atoms with Gasteiger partial charge >= 0.3 is 0 Å². The van der Waals surface area contributed by atoms with E-state index in [1.54, 1.807) is 24.3 Å². The standard InChI is InChI=1S/C16H23NO4/c1-11(2)7-8-21-14-5-3-12(4-6-14)13(9-15(17)18)10-16(19)20/h3-6,11,13H,7-10H2,1-2H3,(H2,17,18)(H,19,20)/p-1/t13-/m1/s1. The number of nitrogens with two attached hydrogens (primary N) is 1. The number of carbonyl (C=O) groups excluding carboxylic acids is 2. The molecule has 1 atom stereocenters. The minimum Gasteiger partial charge on any atom is -0.550 e. The van der Waals surface area contributed by atoms with Gasteiger partial charge in [-0.15, -0.1) is 0 Å². The molecule has 1 aromatic carbocycles. The topological polar surface area (TPSA) is 92.5 Å². The molecule has 0 unspecified atom stereocenters. The summed E-state index contributed by atoms with van der Waals surface area (Å²) in [5, 5.41) is 10.7. The van der Waals surface area contributed by atoms with Crippen LogP contribution in [0.15, 0.2) is 24.3 Å². The van der Waals surface area contributed by atoms with Crippen molar-refractivity contribution in [1.82, 2.24) is 0 Å². The van der Waals surface area contributed by atoms with Gasteiger partial charge < -0.3 is 20.4 Å². The van der Waals surface area contributed by atoms with Gasteiger partial charge in [-0.2, -0.15) is 0 Å². The van der Waals surface area contributed by atoms with E-state index in [-0.39, 0.29) is 12.8 Å². The predicted molar refractivity (Wildman–Crippen MR) is 77.6 cm³/mol. The third-order valence-corrected chi connectivity index (χ3v) is 3.18. The predicted octanol–water partition coefficient (Wildman–Crippen LogP) is 1.21. The summed E-state index contributed by atoms with van der Waals surface area (Å²) in [6, 6.07) is 7.08. The molecule has 116 valence electrons. The summed E-state index contributed by atoms with van der Waals surface area (Å²) in [4.78, 5) is 21.8. The van der Waals surface area contributed by atoms with Gasteiger partial charge in [-0.05, 0) is 42.4 Å². The van der Waals surface area contributed by atoms with Gasteiger partial charge in [0.2, 0.25) is 5.91 Å².